The number of esters is 2. The molecule has 0 bridgehead atoms. The summed E-state index contributed by atoms with van der Waals surface area (Å²) in [6, 6.07) is 7.10. The summed E-state index contributed by atoms with van der Waals surface area (Å²) in [7, 11) is 2.73. The Kier molecular flexibility index (Phi) is 8.62. The van der Waals surface area contributed by atoms with Crippen LogP contribution in [0.25, 0.3) is 0 Å². The second kappa shape index (κ2) is 10.2. The lowest BCUT2D eigenvalue weighted by Crippen LogP contribution is -2.09. The van der Waals surface area contributed by atoms with E-state index < -0.39 is 0 Å². The molecule has 0 saturated heterocycles. The SMILES string of the molecule is COC(=O)CCCCC(CO)Sc1ccc(C(=O)OC)cc1. The van der Waals surface area contributed by atoms with Crippen molar-refractivity contribution in [2.75, 3.05) is 20.8 Å². The molecular weight excluding hydrogens is 304 g/mol. The molecule has 0 amide bonds. The first-order valence-electron chi connectivity index (χ1n) is 7.13. The van der Waals surface area contributed by atoms with Crippen molar-refractivity contribution in [1.82, 2.24) is 0 Å². The maximum absolute atomic E-state index is 11.4. The molecule has 0 aliphatic carbocycles. The highest BCUT2D eigenvalue weighted by molar-refractivity contribution is 8.00. The van der Waals surface area contributed by atoms with Crippen molar-refractivity contribution in [3.8, 4) is 0 Å². The van der Waals surface area contributed by atoms with E-state index in [0.29, 0.717) is 12.0 Å². The van der Waals surface area contributed by atoms with Gasteiger partial charge in [-0.15, -0.1) is 11.8 Å². The van der Waals surface area contributed by atoms with E-state index in [1.807, 2.05) is 12.1 Å². The lowest BCUT2D eigenvalue weighted by molar-refractivity contribution is -0.140. The average molecular weight is 326 g/mol. The van der Waals surface area contributed by atoms with Gasteiger partial charge in [0.1, 0.15) is 0 Å². The Hall–Kier alpha value is -1.53. The predicted molar refractivity (Wildman–Crippen MR) is 85.0 cm³/mol. The minimum atomic E-state index is -0.363. The zero-order chi connectivity index (χ0) is 16.4. The van der Waals surface area contributed by atoms with Crippen LogP contribution >= 0.6 is 11.8 Å². The summed E-state index contributed by atoms with van der Waals surface area (Å²) in [5.74, 6) is -0.565. The molecule has 1 aromatic rings. The number of hydrogen-bond donors (Lipinski definition) is 1. The minimum Gasteiger partial charge on any atom is -0.469 e. The van der Waals surface area contributed by atoms with Gasteiger partial charge in [-0.05, 0) is 37.1 Å². The van der Waals surface area contributed by atoms with Crippen LogP contribution in [0.2, 0.25) is 0 Å². The molecule has 0 fully saturated rings. The Bertz CT molecular complexity index is 472. The fraction of sp³-hybridized carbons (Fsp3) is 0.500. The van der Waals surface area contributed by atoms with Crippen molar-refractivity contribution in [2.24, 2.45) is 0 Å². The zero-order valence-corrected chi connectivity index (χ0v) is 13.7. The van der Waals surface area contributed by atoms with Crippen LogP contribution in [0.5, 0.6) is 0 Å². The van der Waals surface area contributed by atoms with Gasteiger partial charge < -0.3 is 14.6 Å². The lowest BCUT2D eigenvalue weighted by Gasteiger charge is -2.13. The van der Waals surface area contributed by atoms with Crippen LogP contribution in [0.3, 0.4) is 0 Å². The molecule has 0 heterocycles. The number of methoxy groups -OCH3 is 2. The monoisotopic (exact) mass is 326 g/mol. The first kappa shape index (κ1) is 18.5. The molecule has 1 unspecified atom stereocenters. The Morgan fingerprint density at radius 3 is 2.36 bits per heavy atom. The number of carbonyl (C=O) groups excluding carboxylic acids is 2. The summed E-state index contributed by atoms with van der Waals surface area (Å²) in [5.41, 5.74) is 0.505. The largest absolute Gasteiger partial charge is 0.469 e. The zero-order valence-electron chi connectivity index (χ0n) is 12.9. The van der Waals surface area contributed by atoms with Crippen LogP contribution in [-0.2, 0) is 14.3 Å². The number of hydrogen-bond acceptors (Lipinski definition) is 6. The van der Waals surface area contributed by atoms with Gasteiger partial charge >= 0.3 is 11.9 Å². The minimum absolute atomic E-state index is 0.0709. The van der Waals surface area contributed by atoms with Crippen molar-refractivity contribution in [3.05, 3.63) is 29.8 Å². The molecule has 0 aliphatic rings. The topological polar surface area (TPSA) is 72.8 Å². The number of carbonyl (C=O) groups is 2. The molecule has 1 rings (SSSR count). The van der Waals surface area contributed by atoms with Crippen LogP contribution in [0.4, 0.5) is 0 Å². The van der Waals surface area contributed by atoms with Crippen molar-refractivity contribution in [3.63, 3.8) is 0 Å². The van der Waals surface area contributed by atoms with Gasteiger partial charge in [0.2, 0.25) is 0 Å². The molecular formula is C16H22O5S. The molecule has 0 radical (unpaired) electrons. The average Bonchev–Trinajstić information content (AvgIpc) is 2.57. The van der Waals surface area contributed by atoms with Crippen LogP contribution in [0.15, 0.2) is 29.2 Å². The Balaban J connectivity index is 2.42. The Morgan fingerprint density at radius 1 is 1.14 bits per heavy atom. The fourth-order valence-electron chi connectivity index (χ4n) is 1.91. The van der Waals surface area contributed by atoms with Crippen molar-refractivity contribution in [2.45, 2.75) is 35.8 Å². The standard InChI is InChI=1S/C16H22O5S/c1-20-15(18)6-4-3-5-14(11-17)22-13-9-7-12(8-10-13)16(19)21-2/h7-10,14,17H,3-6,11H2,1-2H3. The van der Waals surface area contributed by atoms with E-state index in [1.165, 1.54) is 14.2 Å². The maximum Gasteiger partial charge on any atom is 0.337 e. The van der Waals surface area contributed by atoms with Gasteiger partial charge in [-0.2, -0.15) is 0 Å². The van der Waals surface area contributed by atoms with E-state index in [-0.39, 0.29) is 23.8 Å². The molecule has 1 aromatic carbocycles. The molecule has 5 nitrogen and oxygen atoms in total. The van der Waals surface area contributed by atoms with E-state index in [1.54, 1.807) is 23.9 Å². The van der Waals surface area contributed by atoms with Crippen LogP contribution in [0.1, 0.15) is 36.0 Å². The van der Waals surface area contributed by atoms with E-state index in [9.17, 15) is 14.7 Å². The van der Waals surface area contributed by atoms with Gasteiger partial charge in [0.05, 0.1) is 26.4 Å². The summed E-state index contributed by atoms with van der Waals surface area (Å²) >= 11 is 1.56. The molecule has 0 aliphatic heterocycles. The molecule has 1 N–H and O–H groups in total. The molecule has 6 heteroatoms. The number of aliphatic hydroxyl groups excluding tert-OH is 1. The molecule has 22 heavy (non-hydrogen) atoms. The number of aliphatic hydroxyl groups is 1. The predicted octanol–water partition coefficient (Wildman–Crippen LogP) is 2.66. The normalized spacial score (nSPS) is 11.8. The molecule has 0 spiro atoms. The van der Waals surface area contributed by atoms with E-state index >= 15 is 0 Å². The number of ether oxygens (including phenoxy) is 2. The highest BCUT2D eigenvalue weighted by atomic mass is 32.2. The van der Waals surface area contributed by atoms with Gasteiger partial charge in [0.25, 0.3) is 0 Å². The number of unbranched alkanes of at least 4 members (excludes halogenated alkanes) is 1. The number of thioether (sulfide) groups is 1. The van der Waals surface area contributed by atoms with Gasteiger partial charge in [-0.25, -0.2) is 4.79 Å². The second-order valence-corrected chi connectivity index (χ2v) is 6.13. The van der Waals surface area contributed by atoms with E-state index in [2.05, 4.69) is 9.47 Å². The summed E-state index contributed by atoms with van der Waals surface area (Å²) in [6.45, 7) is 0.0711. The summed E-state index contributed by atoms with van der Waals surface area (Å²) in [6.07, 6.45) is 2.84. The van der Waals surface area contributed by atoms with E-state index in [0.717, 1.165) is 24.2 Å². The number of benzene rings is 1. The lowest BCUT2D eigenvalue weighted by atomic mass is 10.1. The Labute approximate surface area is 135 Å². The third kappa shape index (κ3) is 6.49. The molecule has 122 valence electrons. The first-order valence-corrected chi connectivity index (χ1v) is 8.01. The maximum atomic E-state index is 11.4. The summed E-state index contributed by atoms with van der Waals surface area (Å²) in [5, 5.41) is 9.51. The number of rotatable bonds is 9. The molecule has 0 aromatic heterocycles. The van der Waals surface area contributed by atoms with Crippen LogP contribution < -0.4 is 0 Å². The van der Waals surface area contributed by atoms with E-state index in [4.69, 9.17) is 0 Å². The Morgan fingerprint density at radius 2 is 1.82 bits per heavy atom. The first-order chi connectivity index (χ1) is 10.6. The highest BCUT2D eigenvalue weighted by Gasteiger charge is 2.11. The third-order valence-corrected chi connectivity index (χ3v) is 4.43. The van der Waals surface area contributed by atoms with Crippen molar-refractivity contribution < 1.29 is 24.2 Å². The third-order valence-electron chi connectivity index (χ3n) is 3.17. The second-order valence-electron chi connectivity index (χ2n) is 4.76. The summed E-state index contributed by atoms with van der Waals surface area (Å²) in [4.78, 5) is 23.4. The van der Waals surface area contributed by atoms with Gasteiger partial charge in [0, 0.05) is 16.6 Å². The smallest absolute Gasteiger partial charge is 0.337 e. The van der Waals surface area contributed by atoms with Crippen LogP contribution in [0, 0.1) is 0 Å². The molecule has 1 atom stereocenters. The summed E-state index contributed by atoms with van der Waals surface area (Å²) < 4.78 is 9.24. The van der Waals surface area contributed by atoms with Crippen LogP contribution in [-0.4, -0.2) is 43.1 Å². The quantitative estimate of drug-likeness (QED) is 0.427. The molecule has 0 saturated carbocycles. The fourth-order valence-corrected chi connectivity index (χ4v) is 2.95. The van der Waals surface area contributed by atoms with Crippen molar-refractivity contribution in [1.29, 1.82) is 0 Å². The highest BCUT2D eigenvalue weighted by Crippen LogP contribution is 2.27. The van der Waals surface area contributed by atoms with Gasteiger partial charge in [0.15, 0.2) is 0 Å². The van der Waals surface area contributed by atoms with Gasteiger partial charge in [-0.3, -0.25) is 4.79 Å². The van der Waals surface area contributed by atoms with Crippen molar-refractivity contribution >= 4 is 23.7 Å². The van der Waals surface area contributed by atoms with Gasteiger partial charge in [-0.1, -0.05) is 6.42 Å².